The van der Waals surface area contributed by atoms with Crippen LogP contribution >= 0.6 is 15.9 Å². The summed E-state index contributed by atoms with van der Waals surface area (Å²) in [6.45, 7) is 0. The van der Waals surface area contributed by atoms with Gasteiger partial charge in [0.05, 0.1) is 17.6 Å². The molecule has 24 heavy (non-hydrogen) atoms. The van der Waals surface area contributed by atoms with Crippen LogP contribution in [0.3, 0.4) is 0 Å². The summed E-state index contributed by atoms with van der Waals surface area (Å²) in [5.41, 5.74) is 1.53. The summed E-state index contributed by atoms with van der Waals surface area (Å²) in [5, 5.41) is 1.62. The largest absolute Gasteiger partial charge is 0.284 e. The zero-order valence-electron chi connectivity index (χ0n) is 12.9. The van der Waals surface area contributed by atoms with E-state index in [0.29, 0.717) is 5.69 Å². The van der Waals surface area contributed by atoms with Crippen molar-refractivity contribution in [1.82, 2.24) is 5.06 Å². The second-order valence-electron chi connectivity index (χ2n) is 5.94. The zero-order chi connectivity index (χ0) is 16.8. The molecule has 2 aromatic carbocycles. The van der Waals surface area contributed by atoms with Crippen LogP contribution in [0.4, 0.5) is 5.69 Å². The van der Waals surface area contributed by atoms with Gasteiger partial charge in [0.1, 0.15) is 0 Å². The number of hydrogen-bond donors (Lipinski definition) is 0. The minimum absolute atomic E-state index is 0.214. The summed E-state index contributed by atoms with van der Waals surface area (Å²) in [6, 6.07) is 16.4. The lowest BCUT2D eigenvalue weighted by Gasteiger charge is -2.24. The lowest BCUT2D eigenvalue weighted by molar-refractivity contribution is -0.160. The maximum absolute atomic E-state index is 13.0. The highest BCUT2D eigenvalue weighted by Crippen LogP contribution is 2.44. The molecule has 3 atom stereocenters. The fourth-order valence-corrected chi connectivity index (χ4v) is 3.72. The third-order valence-electron chi connectivity index (χ3n) is 4.53. The number of carbonyl (C=O) groups excluding carboxylic acids is 2. The van der Waals surface area contributed by atoms with Gasteiger partial charge >= 0.3 is 0 Å². The molecule has 0 spiro atoms. The van der Waals surface area contributed by atoms with Crippen LogP contribution in [0.25, 0.3) is 0 Å². The van der Waals surface area contributed by atoms with Gasteiger partial charge in [-0.2, -0.15) is 5.06 Å². The van der Waals surface area contributed by atoms with Gasteiger partial charge in [0.25, 0.3) is 5.91 Å². The molecule has 2 heterocycles. The SMILES string of the molecule is CN1O[C@H]2C(=O)N(c3ccccc3)C(=O)[C@H]2[C@@H]1c1ccc(Br)cc1. The Kier molecular flexibility index (Phi) is 3.75. The van der Waals surface area contributed by atoms with Crippen LogP contribution in [0.2, 0.25) is 0 Å². The minimum atomic E-state index is -0.767. The van der Waals surface area contributed by atoms with Crippen molar-refractivity contribution in [2.24, 2.45) is 5.92 Å². The first kappa shape index (κ1) is 15.5. The van der Waals surface area contributed by atoms with Crippen LogP contribution in [0.5, 0.6) is 0 Å². The molecular formula is C18H15BrN2O3. The van der Waals surface area contributed by atoms with E-state index in [1.807, 2.05) is 42.5 Å². The van der Waals surface area contributed by atoms with Gasteiger partial charge in [0.15, 0.2) is 6.10 Å². The normalized spacial score (nSPS) is 26.9. The molecule has 2 fully saturated rings. The van der Waals surface area contributed by atoms with Crippen molar-refractivity contribution in [3.8, 4) is 0 Å². The first-order chi connectivity index (χ1) is 11.6. The molecule has 4 rings (SSSR count). The average Bonchev–Trinajstić information content (AvgIpc) is 3.04. The van der Waals surface area contributed by atoms with Crippen LogP contribution in [0, 0.1) is 5.92 Å². The zero-order valence-corrected chi connectivity index (χ0v) is 14.5. The Morgan fingerprint density at radius 3 is 2.29 bits per heavy atom. The number of hydroxylamine groups is 2. The standard InChI is InChI=1S/C18H15BrN2O3/c1-20-15(11-7-9-12(19)10-8-11)14-16(24-20)18(23)21(17(14)22)13-5-3-2-4-6-13/h2-10,14-16H,1H3/t14-,15-,16+/m0/s1. The molecule has 2 saturated heterocycles. The van der Waals surface area contributed by atoms with E-state index in [0.717, 1.165) is 10.0 Å². The second-order valence-corrected chi connectivity index (χ2v) is 6.86. The smallest absolute Gasteiger partial charge is 0.265 e. The Labute approximate surface area is 147 Å². The van der Waals surface area contributed by atoms with E-state index in [2.05, 4.69) is 15.9 Å². The second kappa shape index (κ2) is 5.81. The number of carbonyl (C=O) groups is 2. The van der Waals surface area contributed by atoms with E-state index >= 15 is 0 Å². The highest BCUT2D eigenvalue weighted by Gasteiger charge is 2.59. The maximum atomic E-state index is 13.0. The van der Waals surface area contributed by atoms with Gasteiger partial charge in [-0.1, -0.05) is 46.3 Å². The number of nitrogens with zero attached hydrogens (tertiary/aromatic N) is 2. The molecule has 0 saturated carbocycles. The van der Waals surface area contributed by atoms with E-state index in [9.17, 15) is 9.59 Å². The third-order valence-corrected chi connectivity index (χ3v) is 5.06. The van der Waals surface area contributed by atoms with Gasteiger partial charge in [-0.15, -0.1) is 0 Å². The summed E-state index contributed by atoms with van der Waals surface area (Å²) in [7, 11) is 1.76. The molecular weight excluding hydrogens is 372 g/mol. The molecule has 5 nitrogen and oxygen atoms in total. The highest BCUT2D eigenvalue weighted by atomic mass is 79.9. The number of amides is 2. The molecule has 0 aromatic heterocycles. The number of hydrogen-bond acceptors (Lipinski definition) is 4. The van der Waals surface area contributed by atoms with E-state index in [1.165, 1.54) is 4.90 Å². The van der Waals surface area contributed by atoms with E-state index < -0.39 is 12.0 Å². The molecule has 0 bridgehead atoms. The van der Waals surface area contributed by atoms with Gasteiger partial charge < -0.3 is 0 Å². The Morgan fingerprint density at radius 2 is 1.62 bits per heavy atom. The van der Waals surface area contributed by atoms with Crippen molar-refractivity contribution in [2.45, 2.75) is 12.1 Å². The fraction of sp³-hybridized carbons (Fsp3) is 0.222. The number of fused-ring (bicyclic) bond motifs is 1. The Morgan fingerprint density at radius 1 is 0.958 bits per heavy atom. The molecule has 0 aliphatic carbocycles. The lowest BCUT2D eigenvalue weighted by Crippen LogP contribution is -2.36. The van der Waals surface area contributed by atoms with Crippen LogP contribution in [0.1, 0.15) is 11.6 Å². The monoisotopic (exact) mass is 386 g/mol. The van der Waals surface area contributed by atoms with Crippen molar-refractivity contribution in [2.75, 3.05) is 11.9 Å². The van der Waals surface area contributed by atoms with Crippen molar-refractivity contribution in [1.29, 1.82) is 0 Å². The summed E-state index contributed by atoms with van der Waals surface area (Å²) >= 11 is 3.41. The first-order valence-corrected chi connectivity index (χ1v) is 8.45. The quantitative estimate of drug-likeness (QED) is 0.744. The maximum Gasteiger partial charge on any atom is 0.265 e. The van der Waals surface area contributed by atoms with Crippen molar-refractivity contribution in [3.05, 3.63) is 64.6 Å². The molecule has 122 valence electrons. The van der Waals surface area contributed by atoms with E-state index in [-0.39, 0.29) is 17.9 Å². The van der Waals surface area contributed by atoms with Crippen molar-refractivity contribution < 1.29 is 14.4 Å². The van der Waals surface area contributed by atoms with Gasteiger partial charge in [0, 0.05) is 11.5 Å². The van der Waals surface area contributed by atoms with Crippen LogP contribution in [0.15, 0.2) is 59.1 Å². The molecule has 0 N–H and O–H groups in total. The highest BCUT2D eigenvalue weighted by molar-refractivity contribution is 9.10. The predicted molar refractivity (Wildman–Crippen MR) is 91.9 cm³/mol. The number of rotatable bonds is 2. The van der Waals surface area contributed by atoms with E-state index in [4.69, 9.17) is 4.84 Å². The molecule has 0 unspecified atom stereocenters. The summed E-state index contributed by atoms with van der Waals surface area (Å²) < 4.78 is 0.962. The molecule has 2 aromatic rings. The van der Waals surface area contributed by atoms with Crippen LogP contribution in [-0.2, 0) is 14.4 Å². The number of para-hydroxylation sites is 1. The molecule has 2 amide bonds. The summed E-state index contributed by atoms with van der Waals surface area (Å²) in [4.78, 5) is 32.7. The Bertz CT molecular complexity index is 794. The van der Waals surface area contributed by atoms with Gasteiger partial charge in [-0.25, -0.2) is 4.90 Å². The minimum Gasteiger partial charge on any atom is -0.284 e. The number of imide groups is 1. The first-order valence-electron chi connectivity index (χ1n) is 7.66. The van der Waals surface area contributed by atoms with Gasteiger partial charge in [0.2, 0.25) is 5.91 Å². The fourth-order valence-electron chi connectivity index (χ4n) is 3.46. The number of anilines is 1. The summed E-state index contributed by atoms with van der Waals surface area (Å²) in [5.74, 6) is -1.06. The Hall–Kier alpha value is -2.02. The van der Waals surface area contributed by atoms with Crippen LogP contribution in [-0.4, -0.2) is 30.0 Å². The molecule has 6 heteroatoms. The number of benzene rings is 2. The predicted octanol–water partition coefficient (Wildman–Crippen LogP) is 2.93. The topological polar surface area (TPSA) is 49.9 Å². The van der Waals surface area contributed by atoms with Crippen LogP contribution < -0.4 is 4.90 Å². The van der Waals surface area contributed by atoms with Gasteiger partial charge in [-0.3, -0.25) is 14.4 Å². The average molecular weight is 387 g/mol. The van der Waals surface area contributed by atoms with Gasteiger partial charge in [-0.05, 0) is 29.8 Å². The lowest BCUT2D eigenvalue weighted by atomic mass is 9.91. The number of halogens is 1. The van der Waals surface area contributed by atoms with Crippen molar-refractivity contribution in [3.63, 3.8) is 0 Å². The molecule has 0 radical (unpaired) electrons. The summed E-state index contributed by atoms with van der Waals surface area (Å²) in [6.07, 6.45) is -0.767. The van der Waals surface area contributed by atoms with E-state index in [1.54, 1.807) is 24.2 Å². The molecule has 2 aliphatic rings. The van der Waals surface area contributed by atoms with Crippen molar-refractivity contribution >= 4 is 33.4 Å². The third kappa shape index (κ3) is 2.30. The molecule has 2 aliphatic heterocycles. The Balaban J connectivity index is 1.72.